The quantitative estimate of drug-likeness (QED) is 0.648. The van der Waals surface area contributed by atoms with Crippen molar-refractivity contribution in [2.75, 3.05) is 81.4 Å². The van der Waals surface area contributed by atoms with Crippen molar-refractivity contribution >= 4 is 60.2 Å². The van der Waals surface area contributed by atoms with Gasteiger partial charge in [0.1, 0.15) is 6.04 Å². The number of carbonyl (C=O) groups excluding carboxylic acids is 1. The molecule has 11 heteroatoms. The van der Waals surface area contributed by atoms with Gasteiger partial charge in [-0.05, 0) is 18.2 Å². The van der Waals surface area contributed by atoms with E-state index in [1.165, 1.54) is 7.11 Å². The summed E-state index contributed by atoms with van der Waals surface area (Å²) in [5.41, 5.74) is 8.75. The lowest BCUT2D eigenvalue weighted by molar-refractivity contribution is -0.118. The van der Waals surface area contributed by atoms with Crippen LogP contribution in [0.1, 0.15) is 0 Å². The molecule has 2 fully saturated rings. The summed E-state index contributed by atoms with van der Waals surface area (Å²) in [7, 11) is 1.53. The van der Waals surface area contributed by atoms with Gasteiger partial charge in [-0.2, -0.15) is 0 Å². The fourth-order valence-corrected chi connectivity index (χ4v) is 3.19. The minimum atomic E-state index is -0.698. The van der Waals surface area contributed by atoms with Crippen molar-refractivity contribution in [3.63, 3.8) is 0 Å². The van der Waals surface area contributed by atoms with Crippen LogP contribution < -0.4 is 20.9 Å². The standard InChI is InChI=1S/C18H28N4O4.3ClH/c1-24-13-15(19)18(23)20-16-3-2-14(21-4-8-25-9-5-21)12-17(16)22-6-10-26-11-7-22;;;/h2-3,12,15H,4-11,13,19H2,1H3,(H,20,23);3*1H. The fraction of sp³-hybridized carbons (Fsp3) is 0.611. The zero-order valence-electron chi connectivity index (χ0n) is 16.5. The Hall–Kier alpha value is -1.000. The van der Waals surface area contributed by atoms with Gasteiger partial charge >= 0.3 is 0 Å². The number of halogens is 3. The lowest BCUT2D eigenvalue weighted by Crippen LogP contribution is -2.41. The molecule has 0 aromatic heterocycles. The molecule has 3 N–H and O–H groups in total. The average molecular weight is 474 g/mol. The van der Waals surface area contributed by atoms with Crippen molar-refractivity contribution in [1.29, 1.82) is 0 Å². The molecular formula is C18H31Cl3N4O4. The predicted octanol–water partition coefficient (Wildman–Crippen LogP) is 1.54. The number of hydrogen-bond acceptors (Lipinski definition) is 7. The highest BCUT2D eigenvalue weighted by molar-refractivity contribution is 5.98. The largest absolute Gasteiger partial charge is 0.383 e. The number of rotatable bonds is 6. The highest BCUT2D eigenvalue weighted by Gasteiger charge is 2.21. The summed E-state index contributed by atoms with van der Waals surface area (Å²) in [5, 5.41) is 2.95. The maximum Gasteiger partial charge on any atom is 0.243 e. The van der Waals surface area contributed by atoms with Crippen molar-refractivity contribution in [1.82, 2.24) is 0 Å². The zero-order chi connectivity index (χ0) is 18.4. The molecule has 1 aromatic rings. The molecule has 0 radical (unpaired) electrons. The SMILES string of the molecule is COCC(N)C(=O)Nc1ccc(N2CCOCC2)cc1N1CCOCC1.Cl.Cl.Cl. The van der Waals surface area contributed by atoms with E-state index in [0.717, 1.165) is 56.5 Å². The second kappa shape index (κ2) is 14.1. The van der Waals surface area contributed by atoms with Crippen LogP contribution in [0.2, 0.25) is 0 Å². The number of anilines is 3. The number of morpholine rings is 2. The molecule has 168 valence electrons. The number of methoxy groups -OCH3 is 1. The predicted molar refractivity (Wildman–Crippen MR) is 123 cm³/mol. The van der Waals surface area contributed by atoms with E-state index in [9.17, 15) is 4.79 Å². The van der Waals surface area contributed by atoms with Crippen LogP contribution in [0, 0.1) is 0 Å². The molecule has 0 bridgehead atoms. The molecule has 29 heavy (non-hydrogen) atoms. The Morgan fingerprint density at radius 2 is 1.62 bits per heavy atom. The second-order valence-electron chi connectivity index (χ2n) is 6.45. The summed E-state index contributed by atoms with van der Waals surface area (Å²) in [6.07, 6.45) is 0. The minimum absolute atomic E-state index is 0. The van der Waals surface area contributed by atoms with Crippen LogP contribution in [-0.4, -0.2) is 78.3 Å². The number of nitrogens with one attached hydrogen (secondary N) is 1. The Morgan fingerprint density at radius 3 is 2.17 bits per heavy atom. The first-order valence-electron chi connectivity index (χ1n) is 9.04. The van der Waals surface area contributed by atoms with Crippen molar-refractivity contribution in [2.24, 2.45) is 5.73 Å². The van der Waals surface area contributed by atoms with Crippen molar-refractivity contribution in [3.8, 4) is 0 Å². The topological polar surface area (TPSA) is 89.3 Å². The lowest BCUT2D eigenvalue weighted by atomic mass is 10.1. The van der Waals surface area contributed by atoms with E-state index < -0.39 is 6.04 Å². The van der Waals surface area contributed by atoms with Gasteiger partial charge in [0, 0.05) is 39.0 Å². The monoisotopic (exact) mass is 472 g/mol. The molecule has 0 spiro atoms. The zero-order valence-corrected chi connectivity index (χ0v) is 19.0. The fourth-order valence-electron chi connectivity index (χ4n) is 3.19. The highest BCUT2D eigenvalue weighted by Crippen LogP contribution is 2.32. The molecule has 8 nitrogen and oxygen atoms in total. The first-order valence-corrected chi connectivity index (χ1v) is 9.04. The summed E-state index contributed by atoms with van der Waals surface area (Å²) in [5.74, 6) is -0.250. The van der Waals surface area contributed by atoms with Gasteiger partial charge in [-0.15, -0.1) is 37.2 Å². The maximum atomic E-state index is 12.3. The van der Waals surface area contributed by atoms with Crippen molar-refractivity contribution in [2.45, 2.75) is 6.04 Å². The van der Waals surface area contributed by atoms with Gasteiger partial charge in [0.05, 0.1) is 44.4 Å². The van der Waals surface area contributed by atoms with Crippen molar-refractivity contribution in [3.05, 3.63) is 18.2 Å². The molecule has 1 unspecified atom stereocenters. The molecule has 2 saturated heterocycles. The van der Waals surface area contributed by atoms with Crippen molar-refractivity contribution < 1.29 is 19.0 Å². The first-order chi connectivity index (χ1) is 12.7. The van der Waals surface area contributed by atoms with E-state index in [1.54, 1.807) is 0 Å². The summed E-state index contributed by atoms with van der Waals surface area (Å²) < 4.78 is 15.9. The Bertz CT molecular complexity index is 615. The number of carbonyl (C=O) groups is 1. The third kappa shape index (κ3) is 7.64. The van der Waals surface area contributed by atoms with E-state index in [-0.39, 0.29) is 49.7 Å². The van der Waals surface area contributed by atoms with Gasteiger partial charge < -0.3 is 35.1 Å². The Labute approximate surface area is 190 Å². The smallest absolute Gasteiger partial charge is 0.243 e. The van der Waals surface area contributed by atoms with Crippen LogP contribution in [0.25, 0.3) is 0 Å². The molecule has 1 amide bonds. The van der Waals surface area contributed by atoms with E-state index in [2.05, 4.69) is 21.2 Å². The summed E-state index contributed by atoms with van der Waals surface area (Å²) >= 11 is 0. The third-order valence-electron chi connectivity index (χ3n) is 4.65. The number of hydrogen-bond donors (Lipinski definition) is 2. The average Bonchev–Trinajstić information content (AvgIpc) is 2.70. The molecular weight excluding hydrogens is 443 g/mol. The van der Waals surface area contributed by atoms with Crippen LogP contribution in [0.3, 0.4) is 0 Å². The molecule has 1 aromatic carbocycles. The number of benzene rings is 1. The van der Waals surface area contributed by atoms with Crippen LogP contribution in [0.15, 0.2) is 18.2 Å². The van der Waals surface area contributed by atoms with Gasteiger partial charge in [0.2, 0.25) is 5.91 Å². The molecule has 3 rings (SSSR count). The van der Waals surface area contributed by atoms with Crippen LogP contribution in [0.4, 0.5) is 17.1 Å². The van der Waals surface area contributed by atoms with Gasteiger partial charge in [0.25, 0.3) is 0 Å². The Morgan fingerprint density at radius 1 is 1.07 bits per heavy atom. The maximum absolute atomic E-state index is 12.3. The summed E-state index contributed by atoms with van der Waals surface area (Å²) in [6, 6.07) is 5.42. The number of ether oxygens (including phenoxy) is 3. The molecule has 0 aliphatic carbocycles. The highest BCUT2D eigenvalue weighted by atomic mass is 35.5. The minimum Gasteiger partial charge on any atom is -0.383 e. The summed E-state index contributed by atoms with van der Waals surface area (Å²) in [6.45, 7) is 6.33. The van der Waals surface area contributed by atoms with Crippen LogP contribution in [-0.2, 0) is 19.0 Å². The van der Waals surface area contributed by atoms with Crippen LogP contribution >= 0.6 is 37.2 Å². The van der Waals surface area contributed by atoms with Crippen LogP contribution in [0.5, 0.6) is 0 Å². The molecule has 2 heterocycles. The second-order valence-corrected chi connectivity index (χ2v) is 6.45. The Balaban J connectivity index is 0.00000261. The Kier molecular flexibility index (Phi) is 13.6. The molecule has 2 aliphatic rings. The van der Waals surface area contributed by atoms with Gasteiger partial charge in [-0.25, -0.2) is 0 Å². The molecule has 2 aliphatic heterocycles. The third-order valence-corrected chi connectivity index (χ3v) is 4.65. The number of amides is 1. The summed E-state index contributed by atoms with van der Waals surface area (Å²) in [4.78, 5) is 16.9. The van der Waals surface area contributed by atoms with Gasteiger partial charge in [0.15, 0.2) is 0 Å². The molecule has 0 saturated carbocycles. The van der Waals surface area contributed by atoms with Gasteiger partial charge in [-0.3, -0.25) is 4.79 Å². The first kappa shape index (κ1) is 28.0. The van der Waals surface area contributed by atoms with E-state index >= 15 is 0 Å². The molecule has 1 atom stereocenters. The lowest BCUT2D eigenvalue weighted by Gasteiger charge is -2.33. The number of nitrogens with zero attached hydrogens (tertiary/aromatic N) is 2. The normalized spacial score (nSPS) is 17.3. The van der Waals surface area contributed by atoms with E-state index in [4.69, 9.17) is 19.9 Å². The van der Waals surface area contributed by atoms with Gasteiger partial charge in [-0.1, -0.05) is 0 Å². The number of nitrogens with two attached hydrogens (primary N) is 1. The van der Waals surface area contributed by atoms with E-state index in [0.29, 0.717) is 13.2 Å². The van der Waals surface area contributed by atoms with E-state index in [1.807, 2.05) is 12.1 Å².